The molecule has 10 heteroatoms. The molecule has 0 unspecified atom stereocenters. The van der Waals surface area contributed by atoms with Crippen LogP contribution in [0, 0.1) is 13.8 Å². The summed E-state index contributed by atoms with van der Waals surface area (Å²) in [4.78, 5) is 24.4. The number of carbonyl (C=O) groups is 2. The number of hydrogen-bond donors (Lipinski definition) is 0. The summed E-state index contributed by atoms with van der Waals surface area (Å²) in [5.74, 6) is 0.781. The molecule has 0 saturated heterocycles. The van der Waals surface area contributed by atoms with Gasteiger partial charge in [-0.05, 0) is 54.8 Å². The molecule has 33 heavy (non-hydrogen) atoms. The molecule has 2 rings (SSSR count). The minimum absolute atomic E-state index is 0.0707. The predicted octanol–water partition coefficient (Wildman–Crippen LogP) is 2.14. The minimum atomic E-state index is -3.72. The van der Waals surface area contributed by atoms with Crippen molar-refractivity contribution in [1.29, 1.82) is 0 Å². The SMILES string of the molecule is COc1cc(C)c(S(=O)(=O)N(C)CCOCC(=O)N(C)Cc2ccc(OC=O)cc2)c(C)c1. The number of sulfonamides is 1. The molecule has 0 radical (unpaired) electrons. The number of ether oxygens (including phenoxy) is 3. The molecule has 0 aliphatic rings. The van der Waals surface area contributed by atoms with Gasteiger partial charge in [-0.1, -0.05) is 12.1 Å². The molecular weight excluding hydrogens is 448 g/mol. The summed E-state index contributed by atoms with van der Waals surface area (Å²) in [5.41, 5.74) is 2.06. The largest absolute Gasteiger partial charge is 0.497 e. The van der Waals surface area contributed by atoms with E-state index in [0.29, 0.717) is 35.6 Å². The smallest absolute Gasteiger partial charge is 0.298 e. The van der Waals surface area contributed by atoms with Crippen LogP contribution in [0.15, 0.2) is 41.3 Å². The van der Waals surface area contributed by atoms with Gasteiger partial charge in [0.05, 0.1) is 18.6 Å². The summed E-state index contributed by atoms with van der Waals surface area (Å²) >= 11 is 0. The Morgan fingerprint density at radius 2 is 1.64 bits per heavy atom. The zero-order chi connectivity index (χ0) is 24.6. The van der Waals surface area contributed by atoms with Crippen LogP contribution < -0.4 is 9.47 Å². The predicted molar refractivity (Wildman–Crippen MR) is 123 cm³/mol. The standard InChI is InChI=1S/C23H30N2O7S/c1-17-12-21(30-5)13-18(2)23(17)33(28,29)25(4)10-11-31-15-22(27)24(3)14-19-6-8-20(9-7-19)32-16-26/h6-9,12-13,16H,10-11,14-15H2,1-5H3. The lowest BCUT2D eigenvalue weighted by Crippen LogP contribution is -2.33. The van der Waals surface area contributed by atoms with E-state index in [-0.39, 0.29) is 30.6 Å². The van der Waals surface area contributed by atoms with Gasteiger partial charge in [0.25, 0.3) is 6.47 Å². The average Bonchev–Trinajstić information content (AvgIpc) is 2.77. The fraction of sp³-hybridized carbons (Fsp3) is 0.391. The molecule has 0 spiro atoms. The van der Waals surface area contributed by atoms with Crippen molar-refractivity contribution in [2.75, 3.05) is 41.0 Å². The number of likely N-dealkylation sites (N-methyl/N-ethyl adjacent to an activating group) is 2. The van der Waals surface area contributed by atoms with Crippen LogP contribution in [-0.4, -0.2) is 71.0 Å². The average molecular weight is 479 g/mol. The fourth-order valence-corrected chi connectivity index (χ4v) is 4.82. The Morgan fingerprint density at radius 3 is 2.18 bits per heavy atom. The molecule has 1 amide bonds. The monoisotopic (exact) mass is 478 g/mol. The summed E-state index contributed by atoms with van der Waals surface area (Å²) in [5, 5.41) is 0. The maximum absolute atomic E-state index is 13.0. The van der Waals surface area contributed by atoms with E-state index in [1.165, 1.54) is 23.4 Å². The molecule has 0 aromatic heterocycles. The van der Waals surface area contributed by atoms with E-state index >= 15 is 0 Å². The summed E-state index contributed by atoms with van der Waals surface area (Å²) in [6.45, 7) is 4.16. The molecule has 0 fully saturated rings. The second-order valence-electron chi connectivity index (χ2n) is 7.58. The van der Waals surface area contributed by atoms with E-state index in [1.807, 2.05) is 0 Å². The molecule has 180 valence electrons. The zero-order valence-electron chi connectivity index (χ0n) is 19.5. The lowest BCUT2D eigenvalue weighted by molar-refractivity contribution is -0.135. The number of hydrogen-bond acceptors (Lipinski definition) is 7. The van der Waals surface area contributed by atoms with Crippen LogP contribution in [0.5, 0.6) is 11.5 Å². The number of carbonyl (C=O) groups excluding carboxylic acids is 2. The summed E-state index contributed by atoms with van der Waals surface area (Å²) in [6, 6.07) is 10.2. The molecule has 0 heterocycles. The van der Waals surface area contributed by atoms with Crippen molar-refractivity contribution in [2.24, 2.45) is 0 Å². The number of rotatable bonds is 12. The highest BCUT2D eigenvalue weighted by molar-refractivity contribution is 7.89. The highest BCUT2D eigenvalue weighted by Gasteiger charge is 2.25. The Bertz CT molecular complexity index is 1050. The van der Waals surface area contributed by atoms with Gasteiger partial charge in [-0.2, -0.15) is 4.31 Å². The second-order valence-corrected chi connectivity index (χ2v) is 9.56. The molecule has 0 aliphatic heterocycles. The maximum Gasteiger partial charge on any atom is 0.298 e. The Hall–Kier alpha value is -2.95. The van der Waals surface area contributed by atoms with Crippen molar-refractivity contribution in [2.45, 2.75) is 25.3 Å². The number of aryl methyl sites for hydroxylation is 2. The van der Waals surface area contributed by atoms with Crippen LogP contribution in [0.25, 0.3) is 0 Å². The number of nitrogens with zero attached hydrogens (tertiary/aromatic N) is 2. The van der Waals surface area contributed by atoms with Gasteiger partial charge in [-0.25, -0.2) is 8.42 Å². The maximum atomic E-state index is 13.0. The lowest BCUT2D eigenvalue weighted by atomic mass is 10.1. The molecule has 0 aliphatic carbocycles. The van der Waals surface area contributed by atoms with Gasteiger partial charge < -0.3 is 19.1 Å². The number of methoxy groups -OCH3 is 1. The molecule has 0 saturated carbocycles. The first-order chi connectivity index (χ1) is 15.6. The molecular formula is C23H30N2O7S. The molecule has 2 aromatic carbocycles. The van der Waals surface area contributed by atoms with E-state index in [2.05, 4.69) is 0 Å². The van der Waals surface area contributed by atoms with Crippen LogP contribution in [0.1, 0.15) is 16.7 Å². The highest BCUT2D eigenvalue weighted by Crippen LogP contribution is 2.27. The third kappa shape index (κ3) is 7.01. The first-order valence-corrected chi connectivity index (χ1v) is 11.7. The topological polar surface area (TPSA) is 102 Å². The highest BCUT2D eigenvalue weighted by atomic mass is 32.2. The Balaban J connectivity index is 1.85. The molecule has 0 N–H and O–H groups in total. The molecule has 0 bridgehead atoms. The van der Waals surface area contributed by atoms with Crippen LogP contribution in [0.4, 0.5) is 0 Å². The molecule has 0 atom stereocenters. The normalized spacial score (nSPS) is 11.3. The minimum Gasteiger partial charge on any atom is -0.497 e. The quantitative estimate of drug-likeness (QED) is 0.340. The van der Waals surface area contributed by atoms with Crippen LogP contribution >= 0.6 is 0 Å². The zero-order valence-corrected chi connectivity index (χ0v) is 20.3. The van der Waals surface area contributed by atoms with Gasteiger partial charge in [-0.15, -0.1) is 0 Å². The number of amides is 1. The first kappa shape index (κ1) is 26.3. The van der Waals surface area contributed by atoms with Gasteiger partial charge >= 0.3 is 0 Å². The van der Waals surface area contributed by atoms with E-state index in [4.69, 9.17) is 14.2 Å². The number of benzene rings is 2. The summed E-state index contributed by atoms with van der Waals surface area (Å²) < 4.78 is 42.6. The van der Waals surface area contributed by atoms with Gasteiger partial charge in [0.1, 0.15) is 18.1 Å². The Kier molecular flexibility index (Phi) is 9.39. The molecule has 2 aromatic rings. The second kappa shape index (κ2) is 11.8. The van der Waals surface area contributed by atoms with E-state index < -0.39 is 10.0 Å². The first-order valence-electron chi connectivity index (χ1n) is 10.2. The van der Waals surface area contributed by atoms with Crippen molar-refractivity contribution in [1.82, 2.24) is 9.21 Å². The van der Waals surface area contributed by atoms with E-state index in [1.54, 1.807) is 57.3 Å². The van der Waals surface area contributed by atoms with Gasteiger partial charge in [-0.3, -0.25) is 9.59 Å². The van der Waals surface area contributed by atoms with Crippen molar-refractivity contribution < 1.29 is 32.2 Å². The summed E-state index contributed by atoms with van der Waals surface area (Å²) in [7, 11) is 0.939. The van der Waals surface area contributed by atoms with Crippen LogP contribution in [-0.2, 0) is 30.9 Å². The fourth-order valence-electron chi connectivity index (χ4n) is 3.27. The van der Waals surface area contributed by atoms with Gasteiger partial charge in [0.2, 0.25) is 15.9 Å². The third-order valence-electron chi connectivity index (χ3n) is 5.07. The van der Waals surface area contributed by atoms with Crippen molar-refractivity contribution in [3.8, 4) is 11.5 Å². The van der Waals surface area contributed by atoms with Crippen LogP contribution in [0.2, 0.25) is 0 Å². The Morgan fingerprint density at radius 1 is 1.03 bits per heavy atom. The Labute approximate surface area is 194 Å². The van der Waals surface area contributed by atoms with Gasteiger partial charge in [0, 0.05) is 27.2 Å². The van der Waals surface area contributed by atoms with Crippen molar-refractivity contribution in [3.05, 3.63) is 53.1 Å². The van der Waals surface area contributed by atoms with Crippen molar-refractivity contribution in [3.63, 3.8) is 0 Å². The third-order valence-corrected chi connectivity index (χ3v) is 7.23. The van der Waals surface area contributed by atoms with E-state index in [0.717, 1.165) is 5.56 Å². The van der Waals surface area contributed by atoms with Crippen molar-refractivity contribution >= 4 is 22.4 Å². The lowest BCUT2D eigenvalue weighted by Gasteiger charge is -2.21. The van der Waals surface area contributed by atoms with Gasteiger partial charge in [0.15, 0.2) is 0 Å². The van der Waals surface area contributed by atoms with Crippen LogP contribution in [0.3, 0.4) is 0 Å². The summed E-state index contributed by atoms with van der Waals surface area (Å²) in [6.07, 6.45) is 0. The molecule has 9 nitrogen and oxygen atoms in total. The van der Waals surface area contributed by atoms with E-state index in [9.17, 15) is 18.0 Å².